The fourth-order valence-electron chi connectivity index (χ4n) is 2.17. The predicted octanol–water partition coefficient (Wildman–Crippen LogP) is 2.20. The summed E-state index contributed by atoms with van der Waals surface area (Å²) < 4.78 is 31.6. The van der Waals surface area contributed by atoms with Crippen LogP contribution in [0, 0.1) is 0 Å². The Morgan fingerprint density at radius 2 is 1.96 bits per heavy atom. The van der Waals surface area contributed by atoms with Crippen LogP contribution in [0.3, 0.4) is 0 Å². The monoisotopic (exact) mass is 391 g/mol. The molecule has 144 valence electrons. The molecule has 0 unspecified atom stereocenters. The minimum Gasteiger partial charge on any atom is -0.465 e. The highest BCUT2D eigenvalue weighted by atomic mass is 32.2. The van der Waals surface area contributed by atoms with Crippen molar-refractivity contribution in [3.8, 4) is 0 Å². The van der Waals surface area contributed by atoms with Crippen LogP contribution in [0.25, 0.3) is 0 Å². The third-order valence-electron chi connectivity index (χ3n) is 3.64. The first kappa shape index (κ1) is 20.5. The van der Waals surface area contributed by atoms with Crippen molar-refractivity contribution in [2.75, 3.05) is 19.0 Å². The largest absolute Gasteiger partial charge is 0.465 e. The summed E-state index contributed by atoms with van der Waals surface area (Å²) in [6, 6.07) is 8.74. The summed E-state index contributed by atoms with van der Waals surface area (Å²) in [7, 11) is -2.39. The average Bonchev–Trinajstić information content (AvgIpc) is 2.67. The molecule has 8 nitrogen and oxygen atoms in total. The summed E-state index contributed by atoms with van der Waals surface area (Å²) in [5, 5.41) is 2.59. The van der Waals surface area contributed by atoms with Gasteiger partial charge in [0.05, 0.1) is 17.6 Å². The summed E-state index contributed by atoms with van der Waals surface area (Å²) in [6.45, 7) is 2.32. The van der Waals surface area contributed by atoms with Gasteiger partial charge in [0, 0.05) is 18.4 Å². The summed E-state index contributed by atoms with van der Waals surface area (Å²) in [6.07, 6.45) is 2.85. The number of amides is 1. The fourth-order valence-corrected chi connectivity index (χ4v) is 3.29. The van der Waals surface area contributed by atoms with Gasteiger partial charge in [0.15, 0.2) is 0 Å². The Morgan fingerprint density at radius 3 is 2.59 bits per heavy atom. The van der Waals surface area contributed by atoms with Gasteiger partial charge in [0.1, 0.15) is 5.69 Å². The van der Waals surface area contributed by atoms with Crippen LogP contribution in [0.4, 0.5) is 5.69 Å². The number of ether oxygens (including phenoxy) is 1. The maximum atomic E-state index is 12.3. The zero-order valence-electron chi connectivity index (χ0n) is 15.1. The number of aromatic nitrogens is 1. The Hall–Kier alpha value is -2.78. The number of methoxy groups -OCH3 is 1. The Labute approximate surface area is 158 Å². The number of unbranched alkanes of at least 4 members (excludes halogenated alkanes) is 1. The van der Waals surface area contributed by atoms with Gasteiger partial charge >= 0.3 is 5.97 Å². The standard InChI is InChI=1S/C18H21N3O5S/c1-3-4-10-20-27(24,25)15-7-5-6-14(11-15)21-17(22)16-9-8-13(12-19-16)18(23)26-2/h5-9,11-12,20H,3-4,10H2,1-2H3,(H,21,22). The Kier molecular flexibility index (Phi) is 7.03. The maximum absolute atomic E-state index is 12.3. The van der Waals surface area contributed by atoms with Crippen LogP contribution in [0.5, 0.6) is 0 Å². The van der Waals surface area contributed by atoms with Crippen molar-refractivity contribution in [1.82, 2.24) is 9.71 Å². The highest BCUT2D eigenvalue weighted by Gasteiger charge is 2.15. The number of rotatable bonds is 8. The van der Waals surface area contributed by atoms with E-state index >= 15 is 0 Å². The zero-order valence-corrected chi connectivity index (χ0v) is 15.9. The van der Waals surface area contributed by atoms with Crippen LogP contribution in [-0.2, 0) is 14.8 Å². The molecule has 1 aromatic heterocycles. The Bertz CT molecular complexity index is 911. The van der Waals surface area contributed by atoms with E-state index in [1.54, 1.807) is 6.07 Å². The van der Waals surface area contributed by atoms with Gasteiger partial charge in [-0.05, 0) is 36.8 Å². The molecule has 0 radical (unpaired) electrons. The van der Waals surface area contributed by atoms with E-state index in [1.807, 2.05) is 6.92 Å². The third-order valence-corrected chi connectivity index (χ3v) is 5.10. The summed E-state index contributed by atoms with van der Waals surface area (Å²) in [5.41, 5.74) is 0.620. The summed E-state index contributed by atoms with van der Waals surface area (Å²) >= 11 is 0. The lowest BCUT2D eigenvalue weighted by Crippen LogP contribution is -2.25. The first-order valence-electron chi connectivity index (χ1n) is 8.33. The Balaban J connectivity index is 2.11. The molecule has 0 atom stereocenters. The smallest absolute Gasteiger partial charge is 0.339 e. The van der Waals surface area contributed by atoms with Crippen molar-refractivity contribution in [1.29, 1.82) is 0 Å². The van der Waals surface area contributed by atoms with E-state index in [-0.39, 0.29) is 16.2 Å². The molecule has 27 heavy (non-hydrogen) atoms. The van der Waals surface area contributed by atoms with Gasteiger partial charge < -0.3 is 10.1 Å². The van der Waals surface area contributed by atoms with Gasteiger partial charge in [-0.25, -0.2) is 17.9 Å². The van der Waals surface area contributed by atoms with Crippen molar-refractivity contribution >= 4 is 27.6 Å². The molecule has 2 rings (SSSR count). The van der Waals surface area contributed by atoms with Crippen LogP contribution in [-0.4, -0.2) is 38.9 Å². The molecule has 0 saturated heterocycles. The van der Waals surface area contributed by atoms with Crippen LogP contribution >= 0.6 is 0 Å². The first-order chi connectivity index (χ1) is 12.9. The van der Waals surface area contributed by atoms with Crippen molar-refractivity contribution < 1.29 is 22.7 Å². The number of pyridine rings is 1. The number of nitrogens with one attached hydrogen (secondary N) is 2. The molecule has 2 N–H and O–H groups in total. The minimum absolute atomic E-state index is 0.0606. The van der Waals surface area contributed by atoms with E-state index in [2.05, 4.69) is 19.8 Å². The topological polar surface area (TPSA) is 114 Å². The highest BCUT2D eigenvalue weighted by Crippen LogP contribution is 2.16. The van der Waals surface area contributed by atoms with Crippen molar-refractivity contribution in [3.63, 3.8) is 0 Å². The highest BCUT2D eigenvalue weighted by molar-refractivity contribution is 7.89. The van der Waals surface area contributed by atoms with Gasteiger partial charge in [0.25, 0.3) is 5.91 Å². The minimum atomic E-state index is -3.64. The number of sulfonamides is 1. The number of benzene rings is 1. The average molecular weight is 391 g/mol. The summed E-state index contributed by atoms with van der Waals surface area (Å²) in [4.78, 5) is 27.6. The van der Waals surface area contributed by atoms with E-state index in [4.69, 9.17) is 0 Å². The zero-order chi connectivity index (χ0) is 19.9. The van der Waals surface area contributed by atoms with Gasteiger partial charge in [-0.3, -0.25) is 9.78 Å². The van der Waals surface area contributed by atoms with Gasteiger partial charge in [-0.15, -0.1) is 0 Å². The molecular formula is C18H21N3O5S. The fraction of sp³-hybridized carbons (Fsp3) is 0.278. The molecule has 1 heterocycles. The predicted molar refractivity (Wildman–Crippen MR) is 100 cm³/mol. The van der Waals surface area contributed by atoms with Crippen molar-refractivity contribution in [2.24, 2.45) is 0 Å². The van der Waals surface area contributed by atoms with E-state index in [1.165, 1.54) is 43.6 Å². The van der Waals surface area contributed by atoms with Crippen LogP contribution < -0.4 is 10.0 Å². The molecule has 1 amide bonds. The van der Waals surface area contributed by atoms with Gasteiger partial charge in [-0.2, -0.15) is 0 Å². The number of hydrogen-bond donors (Lipinski definition) is 2. The van der Waals surface area contributed by atoms with Crippen molar-refractivity contribution in [2.45, 2.75) is 24.7 Å². The number of esters is 1. The first-order valence-corrected chi connectivity index (χ1v) is 9.81. The van der Waals surface area contributed by atoms with E-state index in [0.717, 1.165) is 12.8 Å². The van der Waals surface area contributed by atoms with Crippen LogP contribution in [0.1, 0.15) is 40.6 Å². The molecule has 0 saturated carbocycles. The molecule has 9 heteroatoms. The Morgan fingerprint density at radius 1 is 1.19 bits per heavy atom. The van der Waals surface area contributed by atoms with Gasteiger partial charge in [0.2, 0.25) is 10.0 Å². The second-order valence-corrected chi connectivity index (χ2v) is 7.42. The molecule has 1 aromatic carbocycles. The SMILES string of the molecule is CCCCNS(=O)(=O)c1cccc(NC(=O)c2ccc(C(=O)OC)cn2)c1. The molecule has 0 aliphatic rings. The molecule has 0 fully saturated rings. The third kappa shape index (κ3) is 5.60. The number of carbonyl (C=O) groups is 2. The number of anilines is 1. The molecule has 0 aliphatic carbocycles. The lowest BCUT2D eigenvalue weighted by Gasteiger charge is -2.09. The molecular weight excluding hydrogens is 370 g/mol. The lowest BCUT2D eigenvalue weighted by molar-refractivity contribution is 0.0600. The second-order valence-electron chi connectivity index (χ2n) is 5.66. The molecule has 0 aliphatic heterocycles. The van der Waals surface area contributed by atoms with E-state index < -0.39 is 21.9 Å². The number of hydrogen-bond acceptors (Lipinski definition) is 6. The second kappa shape index (κ2) is 9.24. The quantitative estimate of drug-likeness (QED) is 0.527. The van der Waals surface area contributed by atoms with E-state index in [0.29, 0.717) is 12.2 Å². The van der Waals surface area contributed by atoms with Gasteiger partial charge in [-0.1, -0.05) is 19.4 Å². The molecule has 0 bridgehead atoms. The molecule has 0 spiro atoms. The van der Waals surface area contributed by atoms with Crippen LogP contribution in [0.15, 0.2) is 47.5 Å². The van der Waals surface area contributed by atoms with Crippen molar-refractivity contribution in [3.05, 3.63) is 53.9 Å². The lowest BCUT2D eigenvalue weighted by atomic mass is 10.2. The number of carbonyl (C=O) groups excluding carboxylic acids is 2. The normalized spacial score (nSPS) is 11.0. The van der Waals surface area contributed by atoms with Crippen LogP contribution in [0.2, 0.25) is 0 Å². The molecule has 2 aromatic rings. The van der Waals surface area contributed by atoms with E-state index in [9.17, 15) is 18.0 Å². The number of nitrogens with zero attached hydrogens (tertiary/aromatic N) is 1. The maximum Gasteiger partial charge on any atom is 0.339 e. The summed E-state index contributed by atoms with van der Waals surface area (Å²) in [5.74, 6) is -1.08.